The van der Waals surface area contributed by atoms with E-state index in [2.05, 4.69) is 44.1 Å². The summed E-state index contributed by atoms with van der Waals surface area (Å²) >= 11 is 0.832. The second-order valence-corrected chi connectivity index (χ2v) is 23.5. The van der Waals surface area contributed by atoms with Gasteiger partial charge in [-0.1, -0.05) is 38.5 Å². The number of carboxylic acid groups (broad SMARTS) is 1. The predicted octanol–water partition coefficient (Wildman–Crippen LogP) is 6.14. The third kappa shape index (κ3) is 29.8. The largest absolute Gasteiger partial charge is 0.744 e. The van der Waals surface area contributed by atoms with Crippen LogP contribution in [0.4, 0.5) is 11.4 Å². The summed E-state index contributed by atoms with van der Waals surface area (Å²) in [5.74, 6) is -0.875. The van der Waals surface area contributed by atoms with Crippen molar-refractivity contribution in [3.8, 4) is 0 Å². The maximum absolute atomic E-state index is 12.7. The molecule has 4 rings (SSSR count). The number of rotatable bonds is 55. The number of amides is 1. The van der Waals surface area contributed by atoms with Gasteiger partial charge in [-0.2, -0.15) is 8.91 Å². The van der Waals surface area contributed by atoms with Gasteiger partial charge in [0.25, 0.3) is 0 Å². The van der Waals surface area contributed by atoms with Gasteiger partial charge in [0.1, 0.15) is 16.7 Å². The van der Waals surface area contributed by atoms with Crippen LogP contribution in [-0.2, 0) is 96.8 Å². The number of aliphatic carboxylic acids is 1. The summed E-state index contributed by atoms with van der Waals surface area (Å²) in [7, 11) is -3.06. The number of hydrogen-bond donors (Lipinski definition) is 2. The molecule has 498 valence electrons. The molecular formula is C62H96N3O21S2-. The number of benzene rings is 2. The monoisotopic (exact) mass is 1280 g/mol. The first kappa shape index (κ1) is 76.2. The van der Waals surface area contributed by atoms with Crippen LogP contribution in [0.1, 0.15) is 90.2 Å². The molecule has 0 fully saturated rings. The lowest BCUT2D eigenvalue weighted by Crippen LogP contribution is -2.28. The van der Waals surface area contributed by atoms with E-state index in [1.54, 1.807) is 13.2 Å². The van der Waals surface area contributed by atoms with Gasteiger partial charge in [0, 0.05) is 78.9 Å². The molecule has 2 aromatic rings. The van der Waals surface area contributed by atoms with Crippen LogP contribution in [0, 0.1) is 0 Å². The lowest BCUT2D eigenvalue weighted by Gasteiger charge is -2.27. The van der Waals surface area contributed by atoms with Crippen LogP contribution in [-0.4, -0.2) is 219 Å². The molecule has 0 aliphatic carbocycles. The fourth-order valence-corrected chi connectivity index (χ4v) is 10.6. The minimum Gasteiger partial charge on any atom is -0.744 e. The number of carbonyl (C=O) groups is 2. The Kier molecular flexibility index (Phi) is 39.0. The molecule has 0 atom stereocenters. The summed E-state index contributed by atoms with van der Waals surface area (Å²) < 4.78 is 109. The number of methoxy groups -OCH3 is 1. The Balaban J connectivity index is 1.03. The molecule has 0 bridgehead atoms. The van der Waals surface area contributed by atoms with Crippen molar-refractivity contribution in [2.24, 2.45) is 0 Å². The molecule has 0 radical (unpaired) electrons. The average Bonchev–Trinajstić information content (AvgIpc) is 1.67. The number of carboxylic acids is 1. The molecule has 0 saturated carbocycles. The number of allylic oxidation sites excluding steroid dienone is 6. The van der Waals surface area contributed by atoms with Crippen molar-refractivity contribution >= 4 is 51.1 Å². The van der Waals surface area contributed by atoms with Crippen LogP contribution in [0.15, 0.2) is 82.3 Å². The molecule has 0 aromatic heterocycles. The van der Waals surface area contributed by atoms with Gasteiger partial charge in [0.05, 0.1) is 174 Å². The maximum Gasteiger partial charge on any atom is 0.303 e. The van der Waals surface area contributed by atoms with Gasteiger partial charge in [0.2, 0.25) is 11.6 Å². The summed E-state index contributed by atoms with van der Waals surface area (Å²) in [5, 5.41) is 26.2. The van der Waals surface area contributed by atoms with Crippen molar-refractivity contribution in [3.05, 3.63) is 83.6 Å². The third-order valence-electron chi connectivity index (χ3n) is 14.2. The van der Waals surface area contributed by atoms with Crippen LogP contribution >= 0.6 is 12.0 Å². The Hall–Kier alpha value is -4.27. The van der Waals surface area contributed by atoms with Gasteiger partial charge < -0.3 is 82.0 Å². The van der Waals surface area contributed by atoms with Gasteiger partial charge in [-0.05, 0) is 81.5 Å². The molecule has 1 amide bonds. The van der Waals surface area contributed by atoms with Crippen molar-refractivity contribution in [2.45, 2.75) is 99.7 Å². The molecule has 2 heterocycles. The van der Waals surface area contributed by atoms with Crippen LogP contribution < -0.4 is 15.5 Å². The van der Waals surface area contributed by atoms with Gasteiger partial charge in [-0.3, -0.25) is 14.6 Å². The molecule has 2 aromatic carbocycles. The quantitative estimate of drug-likeness (QED) is 0.0143. The minimum absolute atomic E-state index is 0.0620. The Bertz CT molecular complexity index is 2530. The van der Waals surface area contributed by atoms with Crippen molar-refractivity contribution < 1.29 is 104 Å². The van der Waals surface area contributed by atoms with Gasteiger partial charge >= 0.3 is 5.97 Å². The summed E-state index contributed by atoms with van der Waals surface area (Å²) in [6.07, 6.45) is 14.7. The highest BCUT2D eigenvalue weighted by Crippen LogP contribution is 2.49. The highest BCUT2D eigenvalue weighted by molar-refractivity contribution is 7.94. The Morgan fingerprint density at radius 1 is 0.602 bits per heavy atom. The number of nitrogens with one attached hydrogen (secondary N) is 1. The number of fused-ring (bicyclic) bond motifs is 2. The third-order valence-corrected chi connectivity index (χ3v) is 15.6. The van der Waals surface area contributed by atoms with Gasteiger partial charge in [-0.15, -0.1) is 0 Å². The van der Waals surface area contributed by atoms with E-state index >= 15 is 0 Å². The van der Waals surface area contributed by atoms with E-state index in [9.17, 15) is 27.8 Å². The van der Waals surface area contributed by atoms with E-state index in [4.69, 9.17) is 61.9 Å². The van der Waals surface area contributed by atoms with Crippen LogP contribution in [0.25, 0.3) is 0 Å². The molecule has 2 N–H and O–H groups in total. The SMILES string of the molecule is COCCOCCOCCOCCOCCOCCOCCOCCOCCOCCOCCOCCNC(=O)CCCCCN1C(=CC=CC=CC2=[N+](CCCCCC(=O)O)c3ccc(SOO[O-])cc3C2(C)C)C(C)(C)c2cc(S(=O)(=O)[O-])ccc21. The normalized spacial score (nSPS) is 15.0. The van der Waals surface area contributed by atoms with Crippen LogP contribution in [0.3, 0.4) is 0 Å². The van der Waals surface area contributed by atoms with Crippen molar-refractivity contribution in [2.75, 3.05) is 184 Å². The molecule has 0 spiro atoms. The number of unbranched alkanes of at least 4 members (excludes halogenated alkanes) is 4. The first-order valence-corrected chi connectivity index (χ1v) is 32.5. The summed E-state index contributed by atoms with van der Waals surface area (Å²) in [6.45, 7) is 20.7. The van der Waals surface area contributed by atoms with Crippen LogP contribution in [0.2, 0.25) is 0 Å². The predicted molar refractivity (Wildman–Crippen MR) is 327 cm³/mol. The molecule has 0 unspecified atom stereocenters. The lowest BCUT2D eigenvalue weighted by molar-refractivity contribution is -0.777. The summed E-state index contributed by atoms with van der Waals surface area (Å²) in [5.41, 5.74) is 4.47. The average molecular weight is 1280 g/mol. The smallest absolute Gasteiger partial charge is 0.303 e. The van der Waals surface area contributed by atoms with Crippen molar-refractivity contribution in [3.63, 3.8) is 0 Å². The van der Waals surface area contributed by atoms with E-state index in [1.165, 1.54) is 12.1 Å². The highest BCUT2D eigenvalue weighted by atomic mass is 32.2. The second kappa shape index (κ2) is 45.1. The molecule has 2 aliphatic rings. The zero-order valence-electron chi connectivity index (χ0n) is 52.2. The van der Waals surface area contributed by atoms with Gasteiger partial charge in [0.15, 0.2) is 5.71 Å². The summed E-state index contributed by atoms with van der Waals surface area (Å²) in [4.78, 5) is 26.4. The van der Waals surface area contributed by atoms with E-state index in [0.29, 0.717) is 196 Å². The Morgan fingerprint density at radius 3 is 1.60 bits per heavy atom. The van der Waals surface area contributed by atoms with E-state index < -0.39 is 26.9 Å². The maximum atomic E-state index is 12.7. The molecule has 88 heavy (non-hydrogen) atoms. The molecule has 26 heteroatoms. The standard InChI is InChI=1S/C62H97N3O21S2/c1-61(2)53-49-51(87-86-85-69)19-21-55(53)64(25-14-8-12-18-60(67)68)57(61)15-9-6-10-16-58-62(3,4)54-50-52(88(70,71)72)20-22-56(54)65(58)24-13-7-11-17-59(66)63-23-26-74-29-30-76-33-34-78-37-38-80-41-42-82-45-46-84-48-47-83-44-43-81-40-39-79-36-35-77-32-31-75-28-27-73-5/h6,9-10,15-16,19-22,49-50H,7-8,11-14,17-18,23-48H2,1-5H3,(H3-,63,66,67,68,69,70,71,72)/p-1. The first-order chi connectivity index (χ1) is 42.6. The number of ether oxygens (including phenoxy) is 12. The number of carbonyl (C=O) groups excluding carboxylic acids is 1. The Morgan fingerprint density at radius 2 is 1.10 bits per heavy atom. The zero-order valence-corrected chi connectivity index (χ0v) is 53.8. The molecular weight excluding hydrogens is 1190 g/mol. The van der Waals surface area contributed by atoms with E-state index in [-0.39, 0.29) is 17.2 Å². The summed E-state index contributed by atoms with van der Waals surface area (Å²) in [6, 6.07) is 10.3. The van der Waals surface area contributed by atoms with Crippen molar-refractivity contribution in [1.29, 1.82) is 0 Å². The van der Waals surface area contributed by atoms with E-state index in [0.717, 1.165) is 71.6 Å². The topological polar surface area (TPSA) is 282 Å². The molecule has 0 saturated heterocycles. The second-order valence-electron chi connectivity index (χ2n) is 21.4. The van der Waals surface area contributed by atoms with Crippen molar-refractivity contribution in [1.82, 2.24) is 5.32 Å². The molecule has 2 aliphatic heterocycles. The Labute approximate surface area is 524 Å². The fourth-order valence-electron chi connectivity index (χ4n) is 9.66. The number of anilines is 1. The fraction of sp³-hybridized carbons (Fsp3) is 0.661. The highest BCUT2D eigenvalue weighted by Gasteiger charge is 2.44. The van der Waals surface area contributed by atoms with Crippen LogP contribution in [0.5, 0.6) is 0 Å². The minimum atomic E-state index is -4.69. The number of hydrogen-bond acceptors (Lipinski definition) is 22. The first-order valence-electron chi connectivity index (χ1n) is 30.3. The zero-order chi connectivity index (χ0) is 63.6. The lowest BCUT2D eigenvalue weighted by atomic mass is 9.81. The number of nitrogens with zero attached hydrogens (tertiary/aromatic N) is 2. The molecule has 24 nitrogen and oxygen atoms in total. The van der Waals surface area contributed by atoms with Gasteiger partial charge in [-0.25, -0.2) is 8.42 Å². The van der Waals surface area contributed by atoms with E-state index in [1.807, 2.05) is 56.4 Å².